The summed E-state index contributed by atoms with van der Waals surface area (Å²) in [4.78, 5) is 18.0. The van der Waals surface area contributed by atoms with E-state index in [2.05, 4.69) is 27.5 Å². The van der Waals surface area contributed by atoms with Crippen molar-refractivity contribution in [3.63, 3.8) is 0 Å². The highest BCUT2D eigenvalue weighted by Gasteiger charge is 2.29. The normalized spacial score (nSPS) is 19.3. The van der Waals surface area contributed by atoms with Crippen LogP contribution in [-0.2, 0) is 27.0 Å². The van der Waals surface area contributed by atoms with Crippen molar-refractivity contribution in [1.82, 2.24) is 10.6 Å². The van der Waals surface area contributed by atoms with Gasteiger partial charge in [-0.1, -0.05) is 47.5 Å². The number of halogens is 2. The van der Waals surface area contributed by atoms with Gasteiger partial charge < -0.3 is 31.0 Å². The highest BCUT2D eigenvalue weighted by molar-refractivity contribution is 7.79. The van der Waals surface area contributed by atoms with E-state index in [0.29, 0.717) is 60.1 Å². The van der Waals surface area contributed by atoms with Gasteiger partial charge in [0.05, 0.1) is 12.1 Å². The van der Waals surface area contributed by atoms with Gasteiger partial charge >= 0.3 is 0 Å². The Kier molecular flexibility index (Phi) is 14.8. The van der Waals surface area contributed by atoms with E-state index >= 15 is 4.39 Å². The summed E-state index contributed by atoms with van der Waals surface area (Å²) in [6.45, 7) is 11.2. The molecule has 45 heavy (non-hydrogen) atoms. The van der Waals surface area contributed by atoms with Crippen LogP contribution < -0.4 is 21.7 Å². The molecule has 3 rings (SSSR count). The number of amides is 1. The number of nitrogens with two attached hydrogens (primary N) is 1. The lowest BCUT2D eigenvalue weighted by atomic mass is 9.85. The Morgan fingerprint density at radius 2 is 1.89 bits per heavy atom. The van der Waals surface area contributed by atoms with Crippen LogP contribution in [0.2, 0.25) is 5.02 Å². The molecule has 0 radical (unpaired) electrons. The van der Waals surface area contributed by atoms with Gasteiger partial charge in [-0.15, -0.1) is 0 Å². The summed E-state index contributed by atoms with van der Waals surface area (Å²) in [5.41, 5.74) is 8.55. The molecule has 12 heteroatoms. The van der Waals surface area contributed by atoms with E-state index in [1.807, 2.05) is 20.8 Å². The fourth-order valence-electron chi connectivity index (χ4n) is 5.20. The first kappa shape index (κ1) is 36.5. The van der Waals surface area contributed by atoms with Crippen molar-refractivity contribution in [3.05, 3.63) is 88.5 Å². The standard InChI is InChI=1S/C33H45ClFN5O4S/c1-5-30(44-21(2)3)39-18-22(4)31(23-11-13-24(34)14-12-23)32(36)33(41)40-29-10-6-9-28(35)27(29)16-15-26-20-37-25(19-38-26)8-7-17-45(42)43/h5-6,9-14,18,21,25-26,31-32,37-38H,4,7-8,15-17,19-20,36H2,1-3H3,(H,40,41)(H,42,43)/p-1/b30-5+,39-18?/t25?,26?,31-,32+/m1/s1. The van der Waals surface area contributed by atoms with Gasteiger partial charge in [0.25, 0.3) is 0 Å². The van der Waals surface area contributed by atoms with E-state index in [1.165, 1.54) is 12.3 Å². The zero-order valence-electron chi connectivity index (χ0n) is 26.1. The molecule has 1 fully saturated rings. The van der Waals surface area contributed by atoms with Crippen LogP contribution in [0.15, 0.2) is 71.6 Å². The van der Waals surface area contributed by atoms with Gasteiger partial charge in [-0.2, -0.15) is 0 Å². The summed E-state index contributed by atoms with van der Waals surface area (Å²) < 4.78 is 42.3. The van der Waals surface area contributed by atoms with Crippen molar-refractivity contribution < 1.29 is 22.7 Å². The van der Waals surface area contributed by atoms with Crippen LogP contribution in [0.4, 0.5) is 10.1 Å². The Morgan fingerprint density at radius 3 is 2.49 bits per heavy atom. The molecule has 0 spiro atoms. The number of piperazine rings is 1. The number of carbonyl (C=O) groups is 1. The molecule has 1 aliphatic heterocycles. The van der Waals surface area contributed by atoms with Gasteiger partial charge in [-0.25, -0.2) is 9.38 Å². The summed E-state index contributed by atoms with van der Waals surface area (Å²) in [5.74, 6) is -0.999. The van der Waals surface area contributed by atoms with Gasteiger partial charge in [-0.3, -0.25) is 9.00 Å². The molecule has 3 unspecified atom stereocenters. The molecular weight excluding hydrogens is 617 g/mol. The molecule has 0 aliphatic carbocycles. The number of aliphatic imine (C=N–C) groups is 1. The molecule has 0 saturated carbocycles. The third-order valence-electron chi connectivity index (χ3n) is 7.54. The molecular formula is C33H44ClFN5O4S-. The molecule has 2 aromatic rings. The second-order valence-electron chi connectivity index (χ2n) is 11.3. The smallest absolute Gasteiger partial charge is 0.242 e. The Bertz CT molecular complexity index is 1360. The van der Waals surface area contributed by atoms with E-state index in [1.54, 1.807) is 42.5 Å². The zero-order chi connectivity index (χ0) is 32.9. The number of hydrogen-bond donors (Lipinski definition) is 4. The molecule has 246 valence electrons. The third-order valence-corrected chi connectivity index (χ3v) is 8.41. The molecule has 0 aromatic heterocycles. The number of carbonyl (C=O) groups excluding carboxylic acids is 1. The number of benzene rings is 2. The second kappa shape index (κ2) is 18.3. The van der Waals surface area contributed by atoms with Crippen LogP contribution >= 0.6 is 11.6 Å². The summed E-state index contributed by atoms with van der Waals surface area (Å²) in [6.07, 6.45) is 5.58. The number of ether oxygens (including phenoxy) is 1. The van der Waals surface area contributed by atoms with E-state index in [-0.39, 0.29) is 23.9 Å². The fraction of sp³-hybridized carbons (Fsp3) is 0.455. The number of hydrogen-bond acceptors (Lipinski definition) is 8. The Labute approximate surface area is 273 Å². The number of anilines is 1. The van der Waals surface area contributed by atoms with Gasteiger partial charge in [-0.05, 0) is 87.9 Å². The summed E-state index contributed by atoms with van der Waals surface area (Å²) in [5, 5.41) is 10.3. The van der Waals surface area contributed by atoms with Crippen molar-refractivity contribution in [2.75, 3.05) is 24.2 Å². The van der Waals surface area contributed by atoms with Crippen LogP contribution in [-0.4, -0.2) is 64.0 Å². The first-order valence-electron chi connectivity index (χ1n) is 15.2. The highest BCUT2D eigenvalue weighted by Crippen LogP contribution is 2.29. The minimum Gasteiger partial charge on any atom is -0.772 e. The molecule has 5 atom stereocenters. The van der Waals surface area contributed by atoms with Crippen LogP contribution in [0.25, 0.3) is 0 Å². The number of rotatable bonds is 16. The van der Waals surface area contributed by atoms with Crippen molar-refractivity contribution >= 4 is 40.5 Å². The number of nitrogens with one attached hydrogen (secondary N) is 3. The monoisotopic (exact) mass is 660 g/mol. The summed E-state index contributed by atoms with van der Waals surface area (Å²) >= 11 is 4.10. The third kappa shape index (κ3) is 11.7. The minimum atomic E-state index is -2.03. The van der Waals surface area contributed by atoms with E-state index in [9.17, 15) is 13.6 Å². The average molecular weight is 661 g/mol. The Morgan fingerprint density at radius 1 is 1.22 bits per heavy atom. The first-order chi connectivity index (χ1) is 21.5. The minimum absolute atomic E-state index is 0.0707. The predicted molar refractivity (Wildman–Crippen MR) is 180 cm³/mol. The van der Waals surface area contributed by atoms with Crippen molar-refractivity contribution in [1.29, 1.82) is 0 Å². The molecule has 1 heterocycles. The van der Waals surface area contributed by atoms with Gasteiger partial charge in [0.1, 0.15) is 5.82 Å². The van der Waals surface area contributed by atoms with E-state index < -0.39 is 34.8 Å². The predicted octanol–water partition coefficient (Wildman–Crippen LogP) is 4.96. The Hall–Kier alpha value is -2.93. The Balaban J connectivity index is 1.71. The molecule has 1 saturated heterocycles. The molecule has 5 N–H and O–H groups in total. The SMILES string of the molecule is C=C(C=N/C(=C\C)OC(C)C)[C@H](c1ccc(Cl)cc1)[C@H](N)C(=O)Nc1cccc(F)c1CCC1CNC(CCCS(=O)[O-])CN1. The maximum absolute atomic E-state index is 15.1. The maximum atomic E-state index is 15.1. The molecule has 1 aliphatic rings. The van der Waals surface area contributed by atoms with Gasteiger partial charge in [0, 0.05) is 59.3 Å². The van der Waals surface area contributed by atoms with E-state index in [0.717, 1.165) is 12.0 Å². The largest absolute Gasteiger partial charge is 0.772 e. The number of allylic oxidation sites excluding steroid dienone is 1. The fourth-order valence-corrected chi connectivity index (χ4v) is 5.73. The van der Waals surface area contributed by atoms with Crippen LogP contribution in [0.5, 0.6) is 0 Å². The molecule has 0 bridgehead atoms. The topological polar surface area (TPSA) is 141 Å². The highest BCUT2D eigenvalue weighted by atomic mass is 35.5. The second-order valence-corrected chi connectivity index (χ2v) is 12.8. The number of nitrogens with zero attached hydrogens (tertiary/aromatic N) is 1. The van der Waals surface area contributed by atoms with Gasteiger partial charge in [0.2, 0.25) is 11.8 Å². The van der Waals surface area contributed by atoms with E-state index in [4.69, 9.17) is 22.1 Å². The molecule has 2 aromatic carbocycles. The summed E-state index contributed by atoms with van der Waals surface area (Å²) in [6, 6.07) is 10.8. The lowest BCUT2D eigenvalue weighted by Gasteiger charge is -2.31. The lowest BCUT2D eigenvalue weighted by molar-refractivity contribution is -0.117. The quantitative estimate of drug-likeness (QED) is 0.113. The average Bonchev–Trinajstić information content (AvgIpc) is 3.00. The van der Waals surface area contributed by atoms with Gasteiger partial charge in [0.15, 0.2) is 0 Å². The summed E-state index contributed by atoms with van der Waals surface area (Å²) in [7, 11) is 0. The van der Waals surface area contributed by atoms with Crippen LogP contribution in [0.1, 0.15) is 57.1 Å². The lowest BCUT2D eigenvalue weighted by Crippen LogP contribution is -2.54. The van der Waals surface area contributed by atoms with Crippen LogP contribution in [0.3, 0.4) is 0 Å². The van der Waals surface area contributed by atoms with Crippen molar-refractivity contribution in [2.45, 2.75) is 76.6 Å². The first-order valence-corrected chi connectivity index (χ1v) is 16.8. The maximum Gasteiger partial charge on any atom is 0.242 e. The molecule has 1 amide bonds. The van der Waals surface area contributed by atoms with Crippen molar-refractivity contribution in [2.24, 2.45) is 10.7 Å². The molecule has 9 nitrogen and oxygen atoms in total. The zero-order valence-corrected chi connectivity index (χ0v) is 27.6. The van der Waals surface area contributed by atoms with Crippen molar-refractivity contribution in [3.8, 4) is 0 Å². The van der Waals surface area contributed by atoms with Crippen LogP contribution in [0, 0.1) is 5.82 Å².